The number of carbonyl (C=O) groups excluding carboxylic acids is 1. The number of hydrogen-bond acceptors (Lipinski definition) is 4. The number of ether oxygens (including phenoxy) is 1. The molecule has 0 saturated carbocycles. The molecule has 0 spiro atoms. The van der Waals surface area contributed by atoms with Gasteiger partial charge in [-0.1, -0.05) is 25.4 Å². The molecular weight excluding hydrogens is 460 g/mol. The Kier molecular flexibility index (Phi) is 7.77. The van der Waals surface area contributed by atoms with Crippen LogP contribution in [0, 0.1) is 23.5 Å². The van der Waals surface area contributed by atoms with Gasteiger partial charge in [-0.2, -0.15) is 0 Å². The number of nitrogens with zero attached hydrogens (tertiary/aromatic N) is 1. The number of sulfone groups is 1. The van der Waals surface area contributed by atoms with Crippen molar-refractivity contribution in [2.75, 3.05) is 19.7 Å². The van der Waals surface area contributed by atoms with Crippen LogP contribution in [0.4, 0.5) is 13.6 Å². The van der Waals surface area contributed by atoms with E-state index in [2.05, 4.69) is 0 Å². The lowest BCUT2D eigenvalue weighted by molar-refractivity contribution is 0.0838. The van der Waals surface area contributed by atoms with Gasteiger partial charge in [0.05, 0.1) is 16.8 Å². The standard InChI is InChI=1S/C23H26ClF2NO4S/c1-15(2)20(14-31-23(28)27-11-3-4-12-27)22(19-13-17(25)7-10-21(19)26)32(29,30)18-8-5-16(24)6-9-18/h5-10,13,15,20,22H,3-4,11-12,14H2,1-2H3/t20-,22+/m0/s1. The molecule has 1 heterocycles. The maximum absolute atomic E-state index is 14.8. The van der Waals surface area contributed by atoms with E-state index >= 15 is 0 Å². The van der Waals surface area contributed by atoms with Crippen LogP contribution in [0.25, 0.3) is 0 Å². The fraction of sp³-hybridized carbons (Fsp3) is 0.435. The van der Waals surface area contributed by atoms with E-state index in [9.17, 15) is 22.0 Å². The smallest absolute Gasteiger partial charge is 0.409 e. The van der Waals surface area contributed by atoms with Crippen molar-refractivity contribution in [3.05, 3.63) is 64.7 Å². The highest BCUT2D eigenvalue weighted by Gasteiger charge is 2.40. The van der Waals surface area contributed by atoms with Crippen LogP contribution >= 0.6 is 11.6 Å². The van der Waals surface area contributed by atoms with Crippen LogP contribution in [0.3, 0.4) is 0 Å². The Morgan fingerprint density at radius 3 is 2.31 bits per heavy atom. The second-order valence-electron chi connectivity index (χ2n) is 8.26. The molecule has 0 aromatic heterocycles. The molecule has 0 radical (unpaired) electrons. The molecule has 1 aliphatic heterocycles. The van der Waals surface area contributed by atoms with Crippen molar-refractivity contribution < 1.29 is 26.7 Å². The second kappa shape index (κ2) is 10.2. The third kappa shape index (κ3) is 5.41. The van der Waals surface area contributed by atoms with E-state index in [1.165, 1.54) is 24.3 Å². The normalized spacial score (nSPS) is 16.2. The van der Waals surface area contributed by atoms with E-state index in [1.54, 1.807) is 18.7 Å². The summed E-state index contributed by atoms with van der Waals surface area (Å²) in [6.45, 7) is 4.43. The van der Waals surface area contributed by atoms with Gasteiger partial charge in [-0.25, -0.2) is 22.0 Å². The molecule has 0 bridgehead atoms. The zero-order valence-corrected chi connectivity index (χ0v) is 19.5. The predicted octanol–water partition coefficient (Wildman–Crippen LogP) is 5.64. The van der Waals surface area contributed by atoms with Crippen LogP contribution in [-0.4, -0.2) is 39.1 Å². The minimum atomic E-state index is -4.19. The topological polar surface area (TPSA) is 63.7 Å². The first-order valence-corrected chi connectivity index (χ1v) is 12.4. The Hall–Kier alpha value is -2.19. The molecule has 9 heteroatoms. The first kappa shape index (κ1) is 24.5. The maximum Gasteiger partial charge on any atom is 0.409 e. The summed E-state index contributed by atoms with van der Waals surface area (Å²) in [7, 11) is -4.19. The number of hydrogen-bond donors (Lipinski definition) is 0. The molecule has 2 aromatic rings. The molecule has 0 unspecified atom stereocenters. The first-order chi connectivity index (χ1) is 15.1. The van der Waals surface area contributed by atoms with Crippen molar-refractivity contribution >= 4 is 27.5 Å². The lowest BCUT2D eigenvalue weighted by atomic mass is 9.89. The largest absolute Gasteiger partial charge is 0.449 e. The molecule has 0 aliphatic carbocycles. The molecule has 174 valence electrons. The summed E-state index contributed by atoms with van der Waals surface area (Å²) in [5.41, 5.74) is -0.295. The van der Waals surface area contributed by atoms with Gasteiger partial charge in [0.2, 0.25) is 0 Å². The Labute approximate surface area is 192 Å². The number of amides is 1. The zero-order valence-electron chi connectivity index (χ0n) is 17.9. The summed E-state index contributed by atoms with van der Waals surface area (Å²) >= 11 is 5.90. The summed E-state index contributed by atoms with van der Waals surface area (Å²) in [6.07, 6.45) is 1.23. The van der Waals surface area contributed by atoms with Crippen LogP contribution < -0.4 is 0 Å². The lowest BCUT2D eigenvalue weighted by Crippen LogP contribution is -2.34. The van der Waals surface area contributed by atoms with Crippen LogP contribution in [0.2, 0.25) is 5.02 Å². The molecular formula is C23H26ClF2NO4S. The molecule has 2 atom stereocenters. The van der Waals surface area contributed by atoms with Gasteiger partial charge in [-0.3, -0.25) is 0 Å². The van der Waals surface area contributed by atoms with Crippen molar-refractivity contribution in [3.8, 4) is 0 Å². The molecule has 5 nitrogen and oxygen atoms in total. The van der Waals surface area contributed by atoms with Crippen LogP contribution in [0.1, 0.15) is 37.5 Å². The van der Waals surface area contributed by atoms with E-state index in [0.717, 1.165) is 31.0 Å². The summed E-state index contributed by atoms with van der Waals surface area (Å²) in [5.74, 6) is -2.74. The van der Waals surface area contributed by atoms with Crippen LogP contribution in [0.5, 0.6) is 0 Å². The molecule has 1 aliphatic rings. The molecule has 1 fully saturated rings. The Bertz CT molecular complexity index is 1050. The number of carbonyl (C=O) groups is 1. The molecule has 1 amide bonds. The van der Waals surface area contributed by atoms with Crippen LogP contribution in [-0.2, 0) is 14.6 Å². The molecule has 1 saturated heterocycles. The van der Waals surface area contributed by atoms with Crippen molar-refractivity contribution in [1.82, 2.24) is 4.90 Å². The quantitative estimate of drug-likeness (QED) is 0.509. The van der Waals surface area contributed by atoms with E-state index < -0.39 is 38.7 Å². The Balaban J connectivity index is 2.03. The van der Waals surface area contributed by atoms with Gasteiger partial charge in [0.1, 0.15) is 11.6 Å². The number of benzene rings is 2. The molecule has 32 heavy (non-hydrogen) atoms. The highest BCUT2D eigenvalue weighted by Crippen LogP contribution is 2.40. The Morgan fingerprint density at radius 2 is 1.72 bits per heavy atom. The minimum absolute atomic E-state index is 0.0768. The van der Waals surface area contributed by atoms with Gasteiger partial charge >= 0.3 is 6.09 Å². The molecule has 0 N–H and O–H groups in total. The number of halogens is 3. The Morgan fingerprint density at radius 1 is 1.09 bits per heavy atom. The van der Waals surface area contributed by atoms with Crippen LogP contribution in [0.15, 0.2) is 47.4 Å². The summed E-state index contributed by atoms with van der Waals surface area (Å²) < 4.78 is 61.7. The van der Waals surface area contributed by atoms with Gasteiger partial charge in [0, 0.05) is 29.6 Å². The van der Waals surface area contributed by atoms with Gasteiger partial charge in [-0.15, -0.1) is 0 Å². The van der Waals surface area contributed by atoms with Gasteiger partial charge in [-0.05, 0) is 61.2 Å². The average molecular weight is 486 g/mol. The van der Waals surface area contributed by atoms with Gasteiger partial charge in [0.25, 0.3) is 0 Å². The fourth-order valence-corrected chi connectivity index (χ4v) is 6.22. The van der Waals surface area contributed by atoms with Gasteiger partial charge in [0.15, 0.2) is 9.84 Å². The zero-order chi connectivity index (χ0) is 23.5. The maximum atomic E-state index is 14.8. The summed E-state index contributed by atoms with van der Waals surface area (Å²) in [5, 5.41) is -1.12. The van der Waals surface area contributed by atoms with E-state index in [1.807, 2.05) is 0 Å². The highest BCUT2D eigenvalue weighted by molar-refractivity contribution is 7.91. The number of rotatable bonds is 7. The minimum Gasteiger partial charge on any atom is -0.449 e. The third-order valence-electron chi connectivity index (χ3n) is 5.75. The lowest BCUT2D eigenvalue weighted by Gasteiger charge is -2.31. The number of likely N-dealkylation sites (tertiary alicyclic amines) is 1. The summed E-state index contributed by atoms with van der Waals surface area (Å²) in [4.78, 5) is 13.9. The SMILES string of the molecule is CC(C)[C@H](COC(=O)N1CCCC1)[C@@H](c1cc(F)ccc1F)S(=O)(=O)c1ccc(Cl)cc1. The van der Waals surface area contributed by atoms with Crippen molar-refractivity contribution in [2.45, 2.75) is 36.8 Å². The van der Waals surface area contributed by atoms with E-state index in [4.69, 9.17) is 16.3 Å². The monoisotopic (exact) mass is 485 g/mol. The van der Waals surface area contributed by atoms with Crippen molar-refractivity contribution in [3.63, 3.8) is 0 Å². The third-order valence-corrected chi connectivity index (χ3v) is 8.20. The predicted molar refractivity (Wildman–Crippen MR) is 118 cm³/mol. The molecule has 2 aromatic carbocycles. The highest BCUT2D eigenvalue weighted by atomic mass is 35.5. The molecule has 3 rings (SSSR count). The van der Waals surface area contributed by atoms with Gasteiger partial charge < -0.3 is 9.64 Å². The summed E-state index contributed by atoms with van der Waals surface area (Å²) in [6, 6.07) is 8.23. The van der Waals surface area contributed by atoms with Crippen molar-refractivity contribution in [2.24, 2.45) is 11.8 Å². The van der Waals surface area contributed by atoms with E-state index in [-0.39, 0.29) is 23.0 Å². The van der Waals surface area contributed by atoms with E-state index in [0.29, 0.717) is 18.1 Å². The van der Waals surface area contributed by atoms with Crippen molar-refractivity contribution in [1.29, 1.82) is 0 Å². The average Bonchev–Trinajstić information content (AvgIpc) is 3.28. The first-order valence-electron chi connectivity index (χ1n) is 10.5. The second-order valence-corrected chi connectivity index (χ2v) is 10.8. The fourth-order valence-electron chi connectivity index (χ4n) is 3.92.